The fourth-order valence-electron chi connectivity index (χ4n) is 2.95. The molecule has 8 heteroatoms. The van der Waals surface area contributed by atoms with Crippen LogP contribution in [0, 0.1) is 0 Å². The van der Waals surface area contributed by atoms with E-state index in [1.54, 1.807) is 11.3 Å². The molecular formula is C14H23N2O4PS. The molecule has 0 aliphatic carbocycles. The number of hydrogen-bond acceptors (Lipinski definition) is 5. The highest BCUT2D eigenvalue weighted by Gasteiger charge is 2.56. The van der Waals surface area contributed by atoms with Crippen LogP contribution in [-0.2, 0) is 15.9 Å². The summed E-state index contributed by atoms with van der Waals surface area (Å²) in [6.07, 6.45) is 1.46. The number of carboxylic acids is 1. The summed E-state index contributed by atoms with van der Waals surface area (Å²) in [5, 5.41) is 10.1. The van der Waals surface area contributed by atoms with Crippen molar-refractivity contribution < 1.29 is 19.4 Å². The topological polar surface area (TPSA) is 104 Å². The summed E-state index contributed by atoms with van der Waals surface area (Å²) in [6.45, 7) is 1.67. The second-order valence-electron chi connectivity index (χ2n) is 5.80. The maximum absolute atomic E-state index is 12.6. The van der Waals surface area contributed by atoms with E-state index in [1.807, 2.05) is 22.4 Å². The van der Waals surface area contributed by atoms with Gasteiger partial charge in [-0.3, -0.25) is 14.3 Å². The highest BCUT2D eigenvalue weighted by Crippen LogP contribution is 2.59. The number of rotatable bonds is 7. The van der Waals surface area contributed by atoms with Gasteiger partial charge in [0, 0.05) is 30.7 Å². The molecule has 0 radical (unpaired) electrons. The molecule has 1 aromatic heterocycles. The van der Waals surface area contributed by atoms with Crippen LogP contribution in [0.1, 0.15) is 24.1 Å². The molecule has 0 spiro atoms. The first kappa shape index (κ1) is 17.6. The van der Waals surface area contributed by atoms with Crippen LogP contribution in [0.4, 0.5) is 0 Å². The summed E-state index contributed by atoms with van der Waals surface area (Å²) in [5.74, 6) is -1.16. The van der Waals surface area contributed by atoms with Gasteiger partial charge in [-0.2, -0.15) is 0 Å². The third-order valence-electron chi connectivity index (χ3n) is 4.28. The molecule has 0 aromatic carbocycles. The second kappa shape index (κ2) is 7.23. The van der Waals surface area contributed by atoms with Gasteiger partial charge in [0.25, 0.3) is 0 Å². The molecule has 1 saturated heterocycles. The molecule has 0 bridgehead atoms. The number of carbonyl (C=O) groups is 1. The van der Waals surface area contributed by atoms with E-state index in [-0.39, 0.29) is 19.1 Å². The number of carboxylic acid groups (broad SMARTS) is 1. The largest absolute Gasteiger partial charge is 0.480 e. The van der Waals surface area contributed by atoms with Crippen LogP contribution in [0.3, 0.4) is 0 Å². The van der Waals surface area contributed by atoms with Gasteiger partial charge in [-0.15, -0.1) is 11.3 Å². The summed E-state index contributed by atoms with van der Waals surface area (Å²) in [5.41, 5.74) is 5.46. The van der Waals surface area contributed by atoms with Crippen molar-refractivity contribution in [2.45, 2.75) is 31.0 Å². The molecule has 2 heterocycles. The molecule has 4 N–H and O–H groups in total. The first-order valence-corrected chi connectivity index (χ1v) is 10.1. The van der Waals surface area contributed by atoms with Gasteiger partial charge < -0.3 is 15.7 Å². The van der Waals surface area contributed by atoms with Crippen LogP contribution in [-0.4, -0.2) is 51.8 Å². The minimum absolute atomic E-state index is 0.0350. The minimum Gasteiger partial charge on any atom is -0.480 e. The van der Waals surface area contributed by atoms with E-state index < -0.39 is 18.5 Å². The van der Waals surface area contributed by atoms with Crippen molar-refractivity contribution in [2.75, 3.05) is 25.8 Å². The molecule has 6 nitrogen and oxygen atoms in total. The Bertz CT molecular complexity index is 551. The molecule has 1 aromatic rings. The lowest BCUT2D eigenvalue weighted by Crippen LogP contribution is -2.53. The van der Waals surface area contributed by atoms with Crippen molar-refractivity contribution in [3.8, 4) is 0 Å². The Morgan fingerprint density at radius 3 is 2.86 bits per heavy atom. The van der Waals surface area contributed by atoms with E-state index in [1.165, 1.54) is 0 Å². The SMILES string of the molecule is NCCCCC1(C(=O)O)CN(Cc2cccs2)CCP1(=O)O. The molecule has 1 fully saturated rings. The molecule has 2 rings (SSSR count). The molecule has 0 saturated carbocycles. The van der Waals surface area contributed by atoms with Gasteiger partial charge in [0.05, 0.1) is 0 Å². The van der Waals surface area contributed by atoms with Gasteiger partial charge >= 0.3 is 5.97 Å². The van der Waals surface area contributed by atoms with Crippen LogP contribution in [0.25, 0.3) is 0 Å². The minimum atomic E-state index is -3.73. The third-order valence-corrected chi connectivity index (χ3v) is 7.84. The second-order valence-corrected chi connectivity index (χ2v) is 9.54. The lowest BCUT2D eigenvalue weighted by atomic mass is 9.99. The number of aliphatic carboxylic acids is 1. The van der Waals surface area contributed by atoms with Crippen LogP contribution in [0.2, 0.25) is 0 Å². The van der Waals surface area contributed by atoms with Gasteiger partial charge in [0.1, 0.15) is 0 Å². The van der Waals surface area contributed by atoms with Gasteiger partial charge in [-0.1, -0.05) is 12.5 Å². The van der Waals surface area contributed by atoms with Gasteiger partial charge in [0.2, 0.25) is 7.37 Å². The lowest BCUT2D eigenvalue weighted by Gasteiger charge is -2.42. The quantitative estimate of drug-likeness (QED) is 0.514. The fourth-order valence-corrected chi connectivity index (χ4v) is 5.90. The zero-order valence-corrected chi connectivity index (χ0v) is 14.2. The highest BCUT2D eigenvalue weighted by atomic mass is 32.1. The average Bonchev–Trinajstić information content (AvgIpc) is 2.95. The van der Waals surface area contributed by atoms with Gasteiger partial charge in [-0.25, -0.2) is 0 Å². The molecular weight excluding hydrogens is 323 g/mol. The van der Waals surface area contributed by atoms with Crippen molar-refractivity contribution in [2.24, 2.45) is 5.73 Å². The number of unbranched alkanes of at least 4 members (excludes halogenated alkanes) is 1. The summed E-state index contributed by atoms with van der Waals surface area (Å²) in [7, 11) is -3.73. The third kappa shape index (κ3) is 3.60. The summed E-state index contributed by atoms with van der Waals surface area (Å²) >= 11 is 1.61. The van der Waals surface area contributed by atoms with Crippen molar-refractivity contribution in [1.29, 1.82) is 0 Å². The Labute approximate surface area is 134 Å². The first-order chi connectivity index (χ1) is 10.4. The molecule has 0 amide bonds. The van der Waals surface area contributed by atoms with Crippen molar-refractivity contribution in [3.63, 3.8) is 0 Å². The maximum Gasteiger partial charge on any atom is 0.320 e. The molecule has 1 aliphatic heterocycles. The standard InChI is InChI=1S/C14H23N2O4PS/c15-6-2-1-5-14(13(17)18)11-16(7-8-21(14,19)20)10-12-4-3-9-22-12/h3-4,9H,1-2,5-8,10-11,15H2,(H,17,18)(H,19,20). The Hall–Kier alpha value is -0.720. The molecule has 22 heavy (non-hydrogen) atoms. The predicted molar refractivity (Wildman–Crippen MR) is 87.6 cm³/mol. The van der Waals surface area contributed by atoms with E-state index >= 15 is 0 Å². The Morgan fingerprint density at radius 2 is 2.27 bits per heavy atom. The van der Waals surface area contributed by atoms with Crippen LogP contribution < -0.4 is 5.73 Å². The van der Waals surface area contributed by atoms with Crippen molar-refractivity contribution in [3.05, 3.63) is 22.4 Å². The summed E-state index contributed by atoms with van der Waals surface area (Å²) in [6, 6.07) is 3.95. The maximum atomic E-state index is 12.6. The lowest BCUT2D eigenvalue weighted by molar-refractivity contribution is -0.141. The average molecular weight is 346 g/mol. The molecule has 2 atom stereocenters. The van der Waals surface area contributed by atoms with Gasteiger partial charge in [-0.05, 0) is 30.8 Å². The molecule has 2 unspecified atom stereocenters. The fraction of sp³-hybridized carbons (Fsp3) is 0.643. The Balaban J connectivity index is 2.18. The number of hydrogen-bond donors (Lipinski definition) is 3. The van der Waals surface area contributed by atoms with E-state index in [9.17, 15) is 19.4 Å². The normalized spacial score (nSPS) is 29.5. The van der Waals surface area contributed by atoms with Crippen LogP contribution in [0.15, 0.2) is 17.5 Å². The summed E-state index contributed by atoms with van der Waals surface area (Å²) in [4.78, 5) is 25.3. The van der Waals surface area contributed by atoms with Crippen molar-refractivity contribution in [1.82, 2.24) is 4.90 Å². The van der Waals surface area contributed by atoms with E-state index in [0.29, 0.717) is 32.5 Å². The Kier molecular flexibility index (Phi) is 5.80. The molecule has 124 valence electrons. The summed E-state index contributed by atoms with van der Waals surface area (Å²) < 4.78 is 12.6. The Morgan fingerprint density at radius 1 is 1.50 bits per heavy atom. The van der Waals surface area contributed by atoms with Crippen LogP contribution in [0.5, 0.6) is 0 Å². The van der Waals surface area contributed by atoms with E-state index in [0.717, 1.165) is 4.88 Å². The predicted octanol–water partition coefficient (Wildman–Crippen LogP) is 1.79. The number of thiophene rings is 1. The smallest absolute Gasteiger partial charge is 0.320 e. The van der Waals surface area contributed by atoms with Crippen molar-refractivity contribution >= 4 is 24.7 Å². The number of nitrogens with zero attached hydrogens (tertiary/aromatic N) is 1. The zero-order valence-electron chi connectivity index (χ0n) is 12.5. The van der Waals surface area contributed by atoms with E-state index in [2.05, 4.69) is 0 Å². The van der Waals surface area contributed by atoms with Gasteiger partial charge in [0.15, 0.2) is 5.16 Å². The van der Waals surface area contributed by atoms with E-state index in [4.69, 9.17) is 5.73 Å². The first-order valence-electron chi connectivity index (χ1n) is 7.41. The molecule has 1 aliphatic rings. The van der Waals surface area contributed by atoms with Crippen LogP contribution >= 0.6 is 18.7 Å². The zero-order chi connectivity index (χ0) is 16.2. The highest BCUT2D eigenvalue weighted by molar-refractivity contribution is 7.61. The number of nitrogens with two attached hydrogens (primary N) is 1. The monoisotopic (exact) mass is 346 g/mol.